The molecule has 2 amide bonds. The highest BCUT2D eigenvalue weighted by Gasteiger charge is 2.21. The van der Waals surface area contributed by atoms with Crippen molar-refractivity contribution in [3.05, 3.63) is 59.2 Å². The topological polar surface area (TPSA) is 95.6 Å². The van der Waals surface area contributed by atoms with E-state index < -0.39 is 15.6 Å². The Morgan fingerprint density at radius 3 is 2.28 bits per heavy atom. The number of amides is 2. The molecule has 7 nitrogen and oxygen atoms in total. The molecule has 0 atom stereocenters. The molecule has 0 bridgehead atoms. The third kappa shape index (κ3) is 7.09. The normalized spacial score (nSPS) is 11.7. The van der Waals surface area contributed by atoms with Crippen LogP contribution in [0.15, 0.2) is 42.5 Å². The van der Waals surface area contributed by atoms with E-state index in [9.17, 15) is 18.0 Å². The number of hydrogen-bond acceptors (Lipinski definition) is 4. The molecule has 0 unspecified atom stereocenters. The second-order valence-corrected chi connectivity index (χ2v) is 10.9. The van der Waals surface area contributed by atoms with E-state index in [0.717, 1.165) is 11.1 Å². The molecule has 2 aromatic rings. The van der Waals surface area contributed by atoms with Crippen LogP contribution in [0.25, 0.3) is 0 Å². The van der Waals surface area contributed by atoms with Crippen molar-refractivity contribution in [3.8, 4) is 0 Å². The van der Waals surface area contributed by atoms with E-state index in [0.29, 0.717) is 23.4 Å². The molecule has 0 aliphatic heterocycles. The highest BCUT2D eigenvalue weighted by Crippen LogP contribution is 2.25. The predicted molar refractivity (Wildman–Crippen MR) is 130 cm³/mol. The van der Waals surface area contributed by atoms with Crippen LogP contribution in [0.5, 0.6) is 0 Å². The van der Waals surface area contributed by atoms with Crippen LogP contribution < -0.4 is 14.9 Å². The van der Waals surface area contributed by atoms with Gasteiger partial charge in [0.15, 0.2) is 0 Å². The van der Waals surface area contributed by atoms with Crippen molar-refractivity contribution in [1.82, 2.24) is 5.32 Å². The van der Waals surface area contributed by atoms with Crippen molar-refractivity contribution in [2.24, 2.45) is 0 Å². The van der Waals surface area contributed by atoms with E-state index in [1.807, 2.05) is 46.8 Å². The zero-order chi connectivity index (χ0) is 24.1. The average molecular weight is 460 g/mol. The Morgan fingerprint density at radius 2 is 1.66 bits per heavy atom. The summed E-state index contributed by atoms with van der Waals surface area (Å²) in [6.45, 7) is 9.65. The van der Waals surface area contributed by atoms with E-state index in [-0.39, 0.29) is 24.8 Å². The van der Waals surface area contributed by atoms with Gasteiger partial charge in [-0.3, -0.25) is 13.9 Å². The molecule has 0 aliphatic rings. The fourth-order valence-electron chi connectivity index (χ4n) is 3.26. The minimum Gasteiger partial charge on any atom is -0.347 e. The zero-order valence-corrected chi connectivity index (χ0v) is 20.5. The summed E-state index contributed by atoms with van der Waals surface area (Å²) in [4.78, 5) is 25.1. The average Bonchev–Trinajstić information content (AvgIpc) is 2.66. The van der Waals surface area contributed by atoms with Gasteiger partial charge in [0, 0.05) is 18.5 Å². The van der Waals surface area contributed by atoms with E-state index in [1.165, 1.54) is 10.6 Å². The minimum absolute atomic E-state index is 0.117. The first-order valence-corrected chi connectivity index (χ1v) is 12.4. The van der Waals surface area contributed by atoms with Gasteiger partial charge in [-0.25, -0.2) is 8.42 Å². The summed E-state index contributed by atoms with van der Waals surface area (Å²) in [7, 11) is -3.50. The van der Waals surface area contributed by atoms with Crippen molar-refractivity contribution in [2.45, 2.75) is 53.0 Å². The summed E-state index contributed by atoms with van der Waals surface area (Å²) in [6.07, 6.45) is 1.62. The lowest BCUT2D eigenvalue weighted by molar-refractivity contribution is -0.116. The van der Waals surface area contributed by atoms with Crippen LogP contribution in [0.4, 0.5) is 11.4 Å². The standard InChI is InChI=1S/C24H33N3O4S/c1-17-11-9-14-21(18(17)2)27(32(6,30)31)16-10-15-22(28)25-20-13-8-7-12-19(20)23(29)26-24(3,4)5/h7-9,11-14H,10,15-16H2,1-6H3,(H,25,28)(H,26,29). The number of hydrogen-bond donors (Lipinski definition) is 2. The molecule has 0 aromatic heterocycles. The molecule has 2 N–H and O–H groups in total. The molecular weight excluding hydrogens is 426 g/mol. The molecule has 0 heterocycles. The summed E-state index contributed by atoms with van der Waals surface area (Å²) < 4.78 is 26.1. The summed E-state index contributed by atoms with van der Waals surface area (Å²) >= 11 is 0. The third-order valence-electron chi connectivity index (χ3n) is 4.94. The maximum Gasteiger partial charge on any atom is 0.253 e. The molecule has 2 aromatic carbocycles. The lowest BCUT2D eigenvalue weighted by Crippen LogP contribution is -2.40. The molecule has 2 rings (SSSR count). The number of nitrogens with zero attached hydrogens (tertiary/aromatic N) is 1. The number of aryl methyl sites for hydroxylation is 1. The molecule has 0 saturated carbocycles. The van der Waals surface area contributed by atoms with Crippen LogP contribution in [0, 0.1) is 13.8 Å². The van der Waals surface area contributed by atoms with E-state index in [1.54, 1.807) is 30.3 Å². The van der Waals surface area contributed by atoms with Gasteiger partial charge in [0.05, 0.1) is 23.2 Å². The number of carbonyl (C=O) groups excluding carboxylic acids is 2. The van der Waals surface area contributed by atoms with Crippen LogP contribution in [0.2, 0.25) is 0 Å². The van der Waals surface area contributed by atoms with Gasteiger partial charge in [0.1, 0.15) is 0 Å². The number of benzene rings is 2. The predicted octanol–water partition coefficient (Wildman–Crippen LogP) is 4.02. The van der Waals surface area contributed by atoms with E-state index in [2.05, 4.69) is 10.6 Å². The highest BCUT2D eigenvalue weighted by molar-refractivity contribution is 7.92. The molecule has 0 fully saturated rings. The SMILES string of the molecule is Cc1cccc(N(CCCC(=O)Nc2ccccc2C(=O)NC(C)(C)C)S(C)(=O)=O)c1C. The monoisotopic (exact) mass is 459 g/mol. The maximum atomic E-state index is 12.6. The van der Waals surface area contributed by atoms with Gasteiger partial charge in [-0.2, -0.15) is 0 Å². The van der Waals surface area contributed by atoms with Gasteiger partial charge >= 0.3 is 0 Å². The van der Waals surface area contributed by atoms with Crippen molar-refractivity contribution in [3.63, 3.8) is 0 Å². The van der Waals surface area contributed by atoms with Gasteiger partial charge in [0.25, 0.3) is 5.91 Å². The van der Waals surface area contributed by atoms with Gasteiger partial charge in [-0.1, -0.05) is 24.3 Å². The second kappa shape index (κ2) is 10.2. The fourth-order valence-corrected chi connectivity index (χ4v) is 4.28. The smallest absolute Gasteiger partial charge is 0.253 e. The molecule has 0 radical (unpaired) electrons. The van der Waals surface area contributed by atoms with Gasteiger partial charge in [-0.15, -0.1) is 0 Å². The van der Waals surface area contributed by atoms with Crippen LogP contribution in [-0.4, -0.2) is 38.6 Å². The summed E-state index contributed by atoms with van der Waals surface area (Å²) in [5, 5.41) is 5.67. The zero-order valence-electron chi connectivity index (χ0n) is 19.7. The molecule has 0 spiro atoms. The number of para-hydroxylation sites is 1. The van der Waals surface area contributed by atoms with Gasteiger partial charge < -0.3 is 10.6 Å². The molecule has 0 aliphatic carbocycles. The van der Waals surface area contributed by atoms with Crippen molar-refractivity contribution >= 4 is 33.2 Å². The Morgan fingerprint density at radius 1 is 1.00 bits per heavy atom. The van der Waals surface area contributed by atoms with Gasteiger partial charge in [0.2, 0.25) is 15.9 Å². The summed E-state index contributed by atoms with van der Waals surface area (Å²) in [6, 6.07) is 12.3. The molecule has 8 heteroatoms. The molecular formula is C24H33N3O4S. The number of carbonyl (C=O) groups is 2. The molecule has 174 valence electrons. The Labute approximate surface area is 191 Å². The Balaban J connectivity index is 2.07. The largest absolute Gasteiger partial charge is 0.347 e. The summed E-state index contributed by atoms with van der Waals surface area (Å²) in [5.41, 5.74) is 2.91. The van der Waals surface area contributed by atoms with Gasteiger partial charge in [-0.05, 0) is 70.4 Å². The number of nitrogens with one attached hydrogen (secondary N) is 2. The Hall–Kier alpha value is -2.87. The van der Waals surface area contributed by atoms with E-state index >= 15 is 0 Å². The lowest BCUT2D eigenvalue weighted by Gasteiger charge is -2.25. The lowest BCUT2D eigenvalue weighted by atomic mass is 10.1. The quantitative estimate of drug-likeness (QED) is 0.623. The number of sulfonamides is 1. The molecule has 32 heavy (non-hydrogen) atoms. The third-order valence-corrected chi connectivity index (χ3v) is 6.12. The van der Waals surface area contributed by atoms with Crippen molar-refractivity contribution in [2.75, 3.05) is 22.4 Å². The number of anilines is 2. The first-order chi connectivity index (χ1) is 14.8. The first kappa shape index (κ1) is 25.4. The first-order valence-electron chi connectivity index (χ1n) is 10.5. The van der Waals surface area contributed by atoms with Crippen molar-refractivity contribution in [1.29, 1.82) is 0 Å². The molecule has 0 saturated heterocycles. The van der Waals surface area contributed by atoms with Crippen LogP contribution in [0.1, 0.15) is 55.1 Å². The second-order valence-electron chi connectivity index (χ2n) is 8.96. The minimum atomic E-state index is -3.50. The van der Waals surface area contributed by atoms with Crippen LogP contribution in [0.3, 0.4) is 0 Å². The Bertz CT molecular complexity index is 1090. The van der Waals surface area contributed by atoms with Crippen LogP contribution >= 0.6 is 0 Å². The highest BCUT2D eigenvalue weighted by atomic mass is 32.2. The van der Waals surface area contributed by atoms with Crippen LogP contribution in [-0.2, 0) is 14.8 Å². The van der Waals surface area contributed by atoms with Crippen molar-refractivity contribution < 1.29 is 18.0 Å². The Kier molecular flexibility index (Phi) is 8.07. The fraction of sp³-hybridized carbons (Fsp3) is 0.417. The maximum absolute atomic E-state index is 12.6. The summed E-state index contributed by atoms with van der Waals surface area (Å²) in [5.74, 6) is -0.554. The number of rotatable bonds is 8. The van der Waals surface area contributed by atoms with E-state index in [4.69, 9.17) is 0 Å².